The summed E-state index contributed by atoms with van der Waals surface area (Å²) in [5.41, 5.74) is 0.762. The first-order valence-corrected chi connectivity index (χ1v) is 8.41. The van der Waals surface area contributed by atoms with Crippen LogP contribution >= 0.6 is 0 Å². The molecule has 1 aromatic carbocycles. The van der Waals surface area contributed by atoms with Gasteiger partial charge in [0.2, 0.25) is 0 Å². The third kappa shape index (κ3) is 3.12. The van der Waals surface area contributed by atoms with Crippen LogP contribution in [0, 0.1) is 5.92 Å². The van der Waals surface area contributed by atoms with E-state index in [4.69, 9.17) is 5.11 Å². The standard InChI is InChI=1S/C14H19NO4S/c1-2-20(18,19)11-8-6-10(7-9-11)15-13-5-3-4-12(13)14(16)17/h6-9,12-13,15H,2-5H2,1H3,(H,16,17). The van der Waals surface area contributed by atoms with Crippen LogP contribution in [0.5, 0.6) is 0 Å². The summed E-state index contributed by atoms with van der Waals surface area (Å²) in [5.74, 6) is -1.07. The lowest BCUT2D eigenvalue weighted by atomic mass is 10.0. The summed E-state index contributed by atoms with van der Waals surface area (Å²) in [6.45, 7) is 1.61. The third-order valence-corrected chi connectivity index (χ3v) is 5.53. The van der Waals surface area contributed by atoms with Gasteiger partial charge in [0.05, 0.1) is 16.6 Å². The van der Waals surface area contributed by atoms with E-state index in [9.17, 15) is 13.2 Å². The van der Waals surface area contributed by atoms with Crippen molar-refractivity contribution in [3.05, 3.63) is 24.3 Å². The molecule has 5 nitrogen and oxygen atoms in total. The van der Waals surface area contributed by atoms with Crippen LogP contribution in [0.25, 0.3) is 0 Å². The number of benzene rings is 1. The van der Waals surface area contributed by atoms with Crippen molar-refractivity contribution in [2.24, 2.45) is 5.92 Å². The molecule has 1 saturated carbocycles. The summed E-state index contributed by atoms with van der Waals surface area (Å²) in [5, 5.41) is 12.3. The number of carbonyl (C=O) groups is 1. The summed E-state index contributed by atoms with van der Waals surface area (Å²) in [4.78, 5) is 11.4. The van der Waals surface area contributed by atoms with Crippen LogP contribution in [0.2, 0.25) is 0 Å². The molecule has 0 spiro atoms. The van der Waals surface area contributed by atoms with Gasteiger partial charge >= 0.3 is 5.97 Å². The molecule has 1 aliphatic rings. The molecule has 1 fully saturated rings. The molecule has 0 radical (unpaired) electrons. The number of carboxylic acid groups (broad SMARTS) is 1. The number of sulfone groups is 1. The molecule has 0 aromatic heterocycles. The molecule has 2 N–H and O–H groups in total. The molecule has 1 aliphatic carbocycles. The van der Waals surface area contributed by atoms with E-state index in [1.807, 2.05) is 0 Å². The Bertz CT molecular complexity index is 580. The van der Waals surface area contributed by atoms with Crippen molar-refractivity contribution in [1.29, 1.82) is 0 Å². The van der Waals surface area contributed by atoms with Crippen LogP contribution in [0.4, 0.5) is 5.69 Å². The minimum atomic E-state index is -3.19. The fraction of sp³-hybridized carbons (Fsp3) is 0.500. The predicted molar refractivity (Wildman–Crippen MR) is 76.6 cm³/mol. The minimum Gasteiger partial charge on any atom is -0.481 e. The molecular weight excluding hydrogens is 278 g/mol. The Kier molecular flexibility index (Phi) is 4.32. The first-order chi connectivity index (χ1) is 9.44. The number of carboxylic acids is 1. The second-order valence-electron chi connectivity index (χ2n) is 5.05. The van der Waals surface area contributed by atoms with Gasteiger partial charge in [-0.25, -0.2) is 8.42 Å². The summed E-state index contributed by atoms with van der Waals surface area (Å²) in [7, 11) is -3.19. The molecule has 2 atom stereocenters. The van der Waals surface area contributed by atoms with Gasteiger partial charge in [-0.05, 0) is 37.1 Å². The number of hydrogen-bond donors (Lipinski definition) is 2. The molecular formula is C14H19NO4S. The van der Waals surface area contributed by atoms with Crippen LogP contribution < -0.4 is 5.32 Å². The van der Waals surface area contributed by atoms with E-state index in [0.29, 0.717) is 11.3 Å². The monoisotopic (exact) mass is 297 g/mol. The lowest BCUT2D eigenvalue weighted by Gasteiger charge is -2.19. The predicted octanol–water partition coefficient (Wildman–Crippen LogP) is 2.15. The second kappa shape index (κ2) is 5.83. The maximum Gasteiger partial charge on any atom is 0.308 e. The normalized spacial score (nSPS) is 22.6. The van der Waals surface area contributed by atoms with E-state index in [2.05, 4.69) is 5.32 Å². The van der Waals surface area contributed by atoms with Gasteiger partial charge in [-0.2, -0.15) is 0 Å². The molecule has 2 rings (SSSR count). The summed E-state index contributed by atoms with van der Waals surface area (Å²) in [6.07, 6.45) is 2.41. The molecule has 0 saturated heterocycles. The number of hydrogen-bond acceptors (Lipinski definition) is 4. The first-order valence-electron chi connectivity index (χ1n) is 6.76. The van der Waals surface area contributed by atoms with E-state index in [1.165, 1.54) is 0 Å². The highest BCUT2D eigenvalue weighted by Crippen LogP contribution is 2.29. The molecule has 110 valence electrons. The second-order valence-corrected chi connectivity index (χ2v) is 7.33. The number of aliphatic carboxylic acids is 1. The minimum absolute atomic E-state index is 0.0729. The highest BCUT2D eigenvalue weighted by atomic mass is 32.2. The summed E-state index contributed by atoms with van der Waals surface area (Å²) >= 11 is 0. The maximum atomic E-state index is 11.7. The molecule has 0 aliphatic heterocycles. The number of rotatable bonds is 5. The zero-order valence-corrected chi connectivity index (χ0v) is 12.2. The summed E-state index contributed by atoms with van der Waals surface area (Å²) < 4.78 is 23.4. The maximum absolute atomic E-state index is 11.7. The molecule has 2 unspecified atom stereocenters. The van der Waals surface area contributed by atoms with Gasteiger partial charge in [-0.1, -0.05) is 13.3 Å². The van der Waals surface area contributed by atoms with Gasteiger partial charge in [0, 0.05) is 11.7 Å². The van der Waals surface area contributed by atoms with Crippen molar-refractivity contribution in [2.45, 2.75) is 37.1 Å². The molecule has 20 heavy (non-hydrogen) atoms. The molecule has 1 aromatic rings. The quantitative estimate of drug-likeness (QED) is 0.870. The SMILES string of the molecule is CCS(=O)(=O)c1ccc(NC2CCCC2C(=O)O)cc1. The average molecular weight is 297 g/mol. The van der Waals surface area contributed by atoms with Gasteiger partial charge < -0.3 is 10.4 Å². The molecule has 0 bridgehead atoms. The van der Waals surface area contributed by atoms with Crippen LogP contribution in [0.15, 0.2) is 29.2 Å². The van der Waals surface area contributed by atoms with Gasteiger partial charge in [0.15, 0.2) is 9.84 Å². The van der Waals surface area contributed by atoms with Crippen molar-refractivity contribution in [2.75, 3.05) is 11.1 Å². The van der Waals surface area contributed by atoms with Crippen molar-refractivity contribution < 1.29 is 18.3 Å². The Morgan fingerprint density at radius 1 is 1.30 bits per heavy atom. The molecule has 0 amide bonds. The lowest BCUT2D eigenvalue weighted by Crippen LogP contribution is -2.29. The topological polar surface area (TPSA) is 83.5 Å². The molecule has 6 heteroatoms. The zero-order chi connectivity index (χ0) is 14.8. The van der Waals surface area contributed by atoms with Gasteiger partial charge in [0.25, 0.3) is 0 Å². The largest absolute Gasteiger partial charge is 0.481 e. The zero-order valence-electron chi connectivity index (χ0n) is 11.4. The highest BCUT2D eigenvalue weighted by molar-refractivity contribution is 7.91. The van der Waals surface area contributed by atoms with Crippen LogP contribution in [0.1, 0.15) is 26.2 Å². The fourth-order valence-electron chi connectivity index (χ4n) is 2.57. The van der Waals surface area contributed by atoms with Gasteiger partial charge in [-0.15, -0.1) is 0 Å². The third-order valence-electron chi connectivity index (χ3n) is 3.78. The van der Waals surface area contributed by atoms with E-state index in [0.717, 1.165) is 18.5 Å². The first kappa shape index (κ1) is 14.8. The molecule has 0 heterocycles. The Balaban J connectivity index is 2.10. The fourth-order valence-corrected chi connectivity index (χ4v) is 3.45. The van der Waals surface area contributed by atoms with Gasteiger partial charge in [-0.3, -0.25) is 4.79 Å². The Morgan fingerprint density at radius 3 is 2.50 bits per heavy atom. The van der Waals surface area contributed by atoms with Crippen molar-refractivity contribution in [3.63, 3.8) is 0 Å². The van der Waals surface area contributed by atoms with Crippen LogP contribution in [-0.2, 0) is 14.6 Å². The van der Waals surface area contributed by atoms with Crippen molar-refractivity contribution in [1.82, 2.24) is 0 Å². The van der Waals surface area contributed by atoms with Gasteiger partial charge in [0.1, 0.15) is 0 Å². The Labute approximate surface area is 118 Å². The van der Waals surface area contributed by atoms with Crippen molar-refractivity contribution >= 4 is 21.5 Å². The van der Waals surface area contributed by atoms with E-state index < -0.39 is 15.8 Å². The van der Waals surface area contributed by atoms with E-state index >= 15 is 0 Å². The number of anilines is 1. The summed E-state index contributed by atoms with van der Waals surface area (Å²) in [6, 6.07) is 6.43. The average Bonchev–Trinajstić information content (AvgIpc) is 2.88. The Hall–Kier alpha value is -1.56. The number of nitrogens with one attached hydrogen (secondary N) is 1. The van der Waals surface area contributed by atoms with Crippen LogP contribution in [-0.4, -0.2) is 31.3 Å². The van der Waals surface area contributed by atoms with Crippen LogP contribution in [0.3, 0.4) is 0 Å². The van der Waals surface area contributed by atoms with E-state index in [-0.39, 0.29) is 17.7 Å². The lowest BCUT2D eigenvalue weighted by molar-refractivity contribution is -0.141. The highest BCUT2D eigenvalue weighted by Gasteiger charge is 2.32. The van der Waals surface area contributed by atoms with E-state index in [1.54, 1.807) is 31.2 Å². The van der Waals surface area contributed by atoms with Crippen molar-refractivity contribution in [3.8, 4) is 0 Å². The smallest absolute Gasteiger partial charge is 0.308 e. The Morgan fingerprint density at radius 2 is 1.95 bits per heavy atom.